The molecule has 4 N–H and O–H groups in total. The summed E-state index contributed by atoms with van der Waals surface area (Å²) in [6.45, 7) is 6.25. The van der Waals surface area contributed by atoms with Crippen LogP contribution in [0.15, 0.2) is 24.3 Å². The third kappa shape index (κ3) is 6.29. The zero-order valence-corrected chi connectivity index (χ0v) is 18.9. The molecule has 0 spiro atoms. The topological polar surface area (TPSA) is 141 Å². The largest absolute Gasteiger partial charge is 0.473 e. The molecule has 0 unspecified atom stereocenters. The summed E-state index contributed by atoms with van der Waals surface area (Å²) in [6, 6.07) is 7.73. The molecule has 1 atom stereocenters. The van der Waals surface area contributed by atoms with Gasteiger partial charge in [-0.2, -0.15) is 0 Å². The number of carboxylic acid groups (broad SMARTS) is 2. The van der Waals surface area contributed by atoms with Crippen molar-refractivity contribution in [2.45, 2.75) is 65.0 Å². The van der Waals surface area contributed by atoms with E-state index in [0.29, 0.717) is 12.6 Å². The molecule has 0 saturated heterocycles. The van der Waals surface area contributed by atoms with Gasteiger partial charge in [-0.1, -0.05) is 52.2 Å². The summed E-state index contributed by atoms with van der Waals surface area (Å²) in [7, 11) is 0. The standard InChI is InChI=1S/C21H31N3O2.C2H2O4/c1-21(2,3)19(25)14-24-18-12-8-7-11-17(18)23(13-16(22)20(24)26)15-9-5-4-6-10-15;3-1(4)2(5)6/h7-8,11-12,15-16H,4-6,9-10,13-14,22H2,1-3H3;(H,3,4)(H,5,6)/t16-;/m1./s1. The number of fused-ring (bicyclic) bond motifs is 1. The molecule has 1 aliphatic carbocycles. The van der Waals surface area contributed by atoms with Gasteiger partial charge in [-0.05, 0) is 25.0 Å². The highest BCUT2D eigenvalue weighted by atomic mass is 16.4. The number of carbonyl (C=O) groups is 4. The third-order valence-electron chi connectivity index (χ3n) is 5.80. The molecule has 1 aliphatic heterocycles. The van der Waals surface area contributed by atoms with Crippen molar-refractivity contribution in [2.24, 2.45) is 11.1 Å². The van der Waals surface area contributed by atoms with Gasteiger partial charge in [-0.25, -0.2) is 9.59 Å². The molecule has 1 heterocycles. The second kappa shape index (κ2) is 10.6. The van der Waals surface area contributed by atoms with Crippen LogP contribution in [0.25, 0.3) is 0 Å². The fourth-order valence-corrected chi connectivity index (χ4v) is 3.92. The van der Waals surface area contributed by atoms with Gasteiger partial charge in [-0.3, -0.25) is 9.59 Å². The molecule has 1 fully saturated rings. The Bertz CT molecular complexity index is 846. The van der Waals surface area contributed by atoms with Crippen molar-refractivity contribution in [1.29, 1.82) is 0 Å². The number of nitrogens with zero attached hydrogens (tertiary/aromatic N) is 2. The van der Waals surface area contributed by atoms with Crippen LogP contribution in [0.5, 0.6) is 0 Å². The van der Waals surface area contributed by atoms with E-state index in [9.17, 15) is 9.59 Å². The van der Waals surface area contributed by atoms with Crippen LogP contribution in [0.3, 0.4) is 0 Å². The van der Waals surface area contributed by atoms with E-state index in [1.54, 1.807) is 4.90 Å². The lowest BCUT2D eigenvalue weighted by atomic mass is 9.90. The monoisotopic (exact) mass is 447 g/mol. The van der Waals surface area contributed by atoms with E-state index in [1.807, 2.05) is 39.0 Å². The van der Waals surface area contributed by atoms with Crippen molar-refractivity contribution >= 4 is 35.0 Å². The molecule has 0 aromatic heterocycles. The molecule has 3 rings (SSSR count). The van der Waals surface area contributed by atoms with Crippen LogP contribution in [0.1, 0.15) is 52.9 Å². The Morgan fingerprint density at radius 2 is 1.53 bits per heavy atom. The zero-order chi connectivity index (χ0) is 24.1. The third-order valence-corrected chi connectivity index (χ3v) is 5.80. The summed E-state index contributed by atoms with van der Waals surface area (Å²) >= 11 is 0. The minimum absolute atomic E-state index is 0.0407. The number of hydrogen-bond donors (Lipinski definition) is 3. The first kappa shape index (κ1) is 25.3. The SMILES string of the molecule is CC(C)(C)C(=O)CN1C(=O)[C@H](N)CN(C2CCCCC2)c2ccccc21.O=C(O)C(=O)O. The predicted molar refractivity (Wildman–Crippen MR) is 121 cm³/mol. The van der Waals surface area contributed by atoms with Gasteiger partial charge >= 0.3 is 11.9 Å². The number of hydrogen-bond acceptors (Lipinski definition) is 6. The number of para-hydroxylation sites is 2. The second-order valence-corrected chi connectivity index (χ2v) is 9.25. The molecule has 0 bridgehead atoms. The molecule has 1 aromatic rings. The van der Waals surface area contributed by atoms with Crippen LogP contribution in [-0.4, -0.2) is 59.0 Å². The first-order valence-corrected chi connectivity index (χ1v) is 10.9. The Morgan fingerprint density at radius 1 is 1.00 bits per heavy atom. The summed E-state index contributed by atoms with van der Waals surface area (Å²) in [4.78, 5) is 47.8. The molecule has 1 aromatic carbocycles. The Balaban J connectivity index is 0.000000534. The quantitative estimate of drug-likeness (QED) is 0.599. The summed E-state index contributed by atoms with van der Waals surface area (Å²) < 4.78 is 0. The van der Waals surface area contributed by atoms with Crippen molar-refractivity contribution in [3.8, 4) is 0 Å². The maximum Gasteiger partial charge on any atom is 0.414 e. The van der Waals surface area contributed by atoms with Crippen LogP contribution in [-0.2, 0) is 19.2 Å². The van der Waals surface area contributed by atoms with Crippen molar-refractivity contribution in [3.63, 3.8) is 0 Å². The molecule has 9 heteroatoms. The molecular weight excluding hydrogens is 414 g/mol. The van der Waals surface area contributed by atoms with Gasteiger partial charge in [0.1, 0.15) is 6.04 Å². The lowest BCUT2D eigenvalue weighted by Gasteiger charge is -2.36. The van der Waals surface area contributed by atoms with Gasteiger partial charge in [0.05, 0.1) is 17.9 Å². The van der Waals surface area contributed by atoms with Crippen molar-refractivity contribution in [1.82, 2.24) is 0 Å². The number of carbonyl (C=O) groups excluding carboxylic acids is 2. The van der Waals surface area contributed by atoms with Crippen LogP contribution in [0.2, 0.25) is 0 Å². The number of benzene rings is 1. The van der Waals surface area contributed by atoms with E-state index in [1.165, 1.54) is 19.3 Å². The molecule has 1 saturated carbocycles. The van der Waals surface area contributed by atoms with Crippen molar-refractivity contribution < 1.29 is 29.4 Å². The maximum absolute atomic E-state index is 13.0. The number of anilines is 2. The Kier molecular flexibility index (Phi) is 8.38. The highest BCUT2D eigenvalue weighted by Crippen LogP contribution is 2.37. The van der Waals surface area contributed by atoms with Crippen molar-refractivity contribution in [2.75, 3.05) is 22.9 Å². The van der Waals surface area contributed by atoms with Gasteiger partial charge in [-0.15, -0.1) is 0 Å². The van der Waals surface area contributed by atoms with Crippen LogP contribution < -0.4 is 15.5 Å². The van der Waals surface area contributed by atoms with Gasteiger partial charge in [0.2, 0.25) is 5.91 Å². The normalized spacial score (nSPS) is 19.4. The smallest absolute Gasteiger partial charge is 0.414 e. The van der Waals surface area contributed by atoms with Crippen molar-refractivity contribution in [3.05, 3.63) is 24.3 Å². The van der Waals surface area contributed by atoms with E-state index >= 15 is 0 Å². The van der Waals surface area contributed by atoms with E-state index in [0.717, 1.165) is 24.2 Å². The Morgan fingerprint density at radius 3 is 2.03 bits per heavy atom. The number of rotatable bonds is 3. The van der Waals surface area contributed by atoms with E-state index < -0.39 is 23.4 Å². The highest BCUT2D eigenvalue weighted by molar-refractivity contribution is 6.27. The Hall–Kier alpha value is -2.94. The second-order valence-electron chi connectivity index (χ2n) is 9.25. The van der Waals surface area contributed by atoms with Crippen LogP contribution in [0, 0.1) is 5.41 Å². The summed E-state index contributed by atoms with van der Waals surface area (Å²) in [6.07, 6.45) is 5.99. The fourth-order valence-electron chi connectivity index (χ4n) is 3.92. The summed E-state index contributed by atoms with van der Waals surface area (Å²) in [5.41, 5.74) is 7.64. The lowest BCUT2D eigenvalue weighted by Crippen LogP contribution is -2.51. The summed E-state index contributed by atoms with van der Waals surface area (Å²) in [5.74, 6) is -3.77. The maximum atomic E-state index is 13.0. The molecule has 1 amide bonds. The predicted octanol–water partition coefficient (Wildman–Crippen LogP) is 2.27. The number of aliphatic carboxylic acids is 2. The number of nitrogens with two attached hydrogens (primary N) is 1. The number of Topliss-reactive ketones (excluding diaryl/α,β-unsaturated/α-hetero) is 1. The molecule has 176 valence electrons. The average molecular weight is 448 g/mol. The van der Waals surface area contributed by atoms with Gasteiger partial charge in [0, 0.05) is 18.0 Å². The number of carboxylic acids is 2. The van der Waals surface area contributed by atoms with Crippen LogP contribution >= 0.6 is 0 Å². The molecule has 2 aliphatic rings. The highest BCUT2D eigenvalue weighted by Gasteiger charge is 2.36. The van der Waals surface area contributed by atoms with Gasteiger partial charge < -0.3 is 25.7 Å². The Labute approximate surface area is 188 Å². The summed E-state index contributed by atoms with van der Waals surface area (Å²) in [5, 5.41) is 14.8. The fraction of sp³-hybridized carbons (Fsp3) is 0.565. The molecule has 32 heavy (non-hydrogen) atoms. The van der Waals surface area contributed by atoms with Crippen LogP contribution in [0.4, 0.5) is 11.4 Å². The molecular formula is C23H33N3O6. The molecule has 0 radical (unpaired) electrons. The lowest BCUT2D eigenvalue weighted by molar-refractivity contribution is -0.159. The van der Waals surface area contributed by atoms with E-state index in [-0.39, 0.29) is 18.2 Å². The number of amides is 1. The minimum Gasteiger partial charge on any atom is -0.473 e. The number of ketones is 1. The van der Waals surface area contributed by atoms with E-state index in [2.05, 4.69) is 11.0 Å². The van der Waals surface area contributed by atoms with Gasteiger partial charge in [0.15, 0.2) is 5.78 Å². The van der Waals surface area contributed by atoms with E-state index in [4.69, 9.17) is 25.5 Å². The first-order chi connectivity index (χ1) is 14.9. The zero-order valence-electron chi connectivity index (χ0n) is 18.9. The average Bonchev–Trinajstić information content (AvgIpc) is 2.84. The molecule has 9 nitrogen and oxygen atoms in total. The first-order valence-electron chi connectivity index (χ1n) is 10.9. The van der Waals surface area contributed by atoms with Gasteiger partial charge in [0.25, 0.3) is 0 Å². The minimum atomic E-state index is -1.82.